The van der Waals surface area contributed by atoms with Gasteiger partial charge in [0.15, 0.2) is 9.84 Å². The summed E-state index contributed by atoms with van der Waals surface area (Å²) in [5.74, 6) is 4.11. The number of hydrogen-bond donors (Lipinski definition) is 0. The largest absolute Gasteiger partial charge is 1.00 e. The molecule has 0 spiro atoms. The average molecular weight is 1540 g/mol. The SMILES string of the molecule is CCCC(Br)c1cc(C)ccc1S(=O)(=O)c1ccc(Oc2ccc(C(C)(C)c3ccc(OC)cc3)cc2)cc1C(Br)CCC.COc1ccc(C(C)(C)c2ccc(Oc3c[c-]c(S(=O)(=O)c4[c-]cc(C)cc4)cc3)cc2)cc1.ICCCCI.[Li+].[Li+]. The minimum Gasteiger partial charge on any atom is -0.517 e. The summed E-state index contributed by atoms with van der Waals surface area (Å²) in [5.41, 5.74) is 7.75. The molecule has 0 fully saturated rings. The topological polar surface area (TPSA) is 105 Å². The maximum absolute atomic E-state index is 14.3. The number of rotatable bonds is 23. The molecular weight excluding hydrogens is 1460 g/mol. The Kier molecular flexibility index (Phi) is 30.7. The van der Waals surface area contributed by atoms with Crippen molar-refractivity contribution in [3.63, 3.8) is 0 Å². The molecule has 0 aliphatic heterocycles. The maximum Gasteiger partial charge on any atom is 1.00 e. The molecule has 8 aromatic rings. The van der Waals surface area contributed by atoms with Crippen molar-refractivity contribution in [1.82, 2.24) is 0 Å². The van der Waals surface area contributed by atoms with E-state index in [1.165, 1.54) is 45.0 Å². The Morgan fingerprint density at radius 3 is 1.17 bits per heavy atom. The van der Waals surface area contributed by atoms with Crippen LogP contribution in [0.3, 0.4) is 0 Å². The number of methoxy groups -OCH3 is 2. The molecule has 0 bridgehead atoms. The molecule has 8 rings (SSSR count). The summed E-state index contributed by atoms with van der Waals surface area (Å²) in [7, 11) is -4.15. The third-order valence-electron chi connectivity index (χ3n) is 14.5. The molecule has 2 unspecified atom stereocenters. The second kappa shape index (κ2) is 35.2. The molecule has 2 atom stereocenters. The Morgan fingerprint density at radius 2 is 0.802 bits per heavy atom. The van der Waals surface area contributed by atoms with E-state index in [1.54, 1.807) is 56.7 Å². The van der Waals surface area contributed by atoms with Crippen LogP contribution in [0.5, 0.6) is 34.5 Å². The van der Waals surface area contributed by atoms with Crippen LogP contribution in [0.15, 0.2) is 189 Å². The van der Waals surface area contributed by atoms with Gasteiger partial charge < -0.3 is 18.9 Å². The molecule has 0 saturated heterocycles. The van der Waals surface area contributed by atoms with Crippen molar-refractivity contribution in [2.45, 2.75) is 134 Å². The van der Waals surface area contributed by atoms with E-state index >= 15 is 0 Å². The van der Waals surface area contributed by atoms with Gasteiger partial charge in [0.1, 0.15) is 28.7 Å². The van der Waals surface area contributed by atoms with Gasteiger partial charge >= 0.3 is 37.7 Å². The zero-order valence-corrected chi connectivity index (χ0v) is 60.7. The number of hydrogen-bond acceptors (Lipinski definition) is 8. The molecule has 0 N–H and O–H groups in total. The number of ether oxygens (including phenoxy) is 4. The van der Waals surface area contributed by atoms with Crippen LogP contribution in [-0.2, 0) is 30.5 Å². The van der Waals surface area contributed by atoms with Crippen LogP contribution in [0.2, 0.25) is 0 Å². The monoisotopic (exact) mass is 1530 g/mol. The third kappa shape index (κ3) is 20.0. The van der Waals surface area contributed by atoms with Gasteiger partial charge in [0, 0.05) is 26.2 Å². The van der Waals surface area contributed by atoms with Gasteiger partial charge in [0.2, 0.25) is 9.84 Å². The molecule has 0 aliphatic rings. The number of sulfone groups is 2. The normalized spacial score (nSPS) is 12.1. The fourth-order valence-corrected chi connectivity index (χ4v) is 15.2. The van der Waals surface area contributed by atoms with Crippen LogP contribution >= 0.6 is 77.0 Å². The summed E-state index contributed by atoms with van der Waals surface area (Å²) in [6.45, 7) is 16.8. The van der Waals surface area contributed by atoms with Crippen molar-refractivity contribution in [3.05, 3.63) is 226 Å². The van der Waals surface area contributed by atoms with Crippen LogP contribution in [0.4, 0.5) is 0 Å². The van der Waals surface area contributed by atoms with Gasteiger partial charge in [-0.1, -0.05) is 205 Å². The van der Waals surface area contributed by atoms with E-state index in [-0.39, 0.29) is 68.0 Å². The fourth-order valence-electron chi connectivity index (χ4n) is 9.26. The minimum atomic E-state index is -3.81. The maximum atomic E-state index is 14.3. The van der Waals surface area contributed by atoms with Gasteiger partial charge in [-0.25, -0.2) is 16.8 Å². The zero-order valence-electron chi connectivity index (χ0n) is 51.6. The molecule has 0 radical (unpaired) electrons. The Balaban J connectivity index is 0.000000337. The number of benzene rings is 8. The molecule has 86 heavy (non-hydrogen) atoms. The summed E-state index contributed by atoms with van der Waals surface area (Å²) < 4.78 is 79.5. The predicted octanol–water partition coefficient (Wildman–Crippen LogP) is 14.6. The molecule has 0 saturated carbocycles. The van der Waals surface area contributed by atoms with Crippen LogP contribution in [0, 0.1) is 26.0 Å². The molecule has 0 aliphatic carbocycles. The quantitative estimate of drug-likeness (QED) is 0.0205. The summed E-state index contributed by atoms with van der Waals surface area (Å²) in [4.78, 5) is 0.668. The van der Waals surface area contributed by atoms with E-state index in [4.69, 9.17) is 18.9 Å². The van der Waals surface area contributed by atoms with Crippen LogP contribution < -0.4 is 56.7 Å². The minimum absolute atomic E-state index is 0. The van der Waals surface area contributed by atoms with E-state index in [1.807, 2.05) is 92.7 Å². The Labute approximate surface area is 581 Å². The van der Waals surface area contributed by atoms with Crippen molar-refractivity contribution in [2.24, 2.45) is 0 Å². The predicted molar refractivity (Wildman–Crippen MR) is 367 cm³/mol. The summed E-state index contributed by atoms with van der Waals surface area (Å²) in [5, 5.41) is 0. The van der Waals surface area contributed by atoms with Gasteiger partial charge in [-0.05, 0) is 157 Å². The second-order valence-electron chi connectivity index (χ2n) is 21.4. The van der Waals surface area contributed by atoms with Gasteiger partial charge in [-0.2, -0.15) is 35.9 Å². The average Bonchev–Trinajstić information content (AvgIpc) is 1.54. The summed E-state index contributed by atoms with van der Waals surface area (Å²) >= 11 is 12.4. The van der Waals surface area contributed by atoms with Crippen molar-refractivity contribution >= 4 is 96.7 Å². The third-order valence-corrected chi connectivity index (χ3v) is 21.5. The molecule has 0 heterocycles. The Morgan fingerprint density at radius 1 is 0.453 bits per heavy atom. The first kappa shape index (κ1) is 74.9. The van der Waals surface area contributed by atoms with Crippen molar-refractivity contribution < 1.29 is 73.5 Å². The molecule has 16 heteroatoms. The standard InChI is InChI=1S/C37H42Br2O4S.C29H26O4S.C4H8I2.2Li/c1-7-9-33(38)31-23-25(3)11-21-35(31)44(40,41)36-22-20-30(24-32(36)34(39)10-8-2)43-29-18-14-27(15-19-29)37(4,5)26-12-16-28(42-6)17-13-26;1-21-5-17-27(18-6-21)34(30,31)28-19-15-26(16-20-28)33-25-13-9-23(10-14-25)29(2,3)22-7-11-24(32-4)12-8-22;5-3-1-2-4-6;;/h11-24,33-34H,7-10H2,1-6H3;5-17,19H,1-4H3;1-4H2;;/q;-2;;2*+1. The van der Waals surface area contributed by atoms with Gasteiger partial charge in [-0.3, -0.25) is 0 Å². The number of halogens is 4. The van der Waals surface area contributed by atoms with Crippen molar-refractivity contribution in [1.29, 1.82) is 0 Å². The van der Waals surface area contributed by atoms with Crippen LogP contribution in [-0.4, -0.2) is 39.9 Å². The smallest absolute Gasteiger partial charge is 0.517 e. The van der Waals surface area contributed by atoms with Crippen molar-refractivity contribution in [3.8, 4) is 34.5 Å². The van der Waals surface area contributed by atoms with E-state index in [0.29, 0.717) is 38.4 Å². The van der Waals surface area contributed by atoms with Gasteiger partial charge in [-0.15, -0.1) is 18.2 Å². The summed E-state index contributed by atoms with van der Waals surface area (Å²) in [6.07, 6.45) is 6.27. The number of aryl methyl sites for hydroxylation is 2. The van der Waals surface area contributed by atoms with Crippen molar-refractivity contribution in [2.75, 3.05) is 23.1 Å². The second-order valence-corrected chi connectivity index (χ2v) is 29.6. The summed E-state index contributed by atoms with van der Waals surface area (Å²) in [6, 6.07) is 58.4. The number of unbranched alkanes of at least 4 members (excludes halogenated alkanes) is 1. The van der Waals surface area contributed by atoms with E-state index in [0.717, 1.165) is 65.0 Å². The molecule has 0 amide bonds. The molecule has 0 aromatic heterocycles. The van der Waals surface area contributed by atoms with E-state index in [2.05, 4.69) is 167 Å². The first-order valence-electron chi connectivity index (χ1n) is 28.0. The first-order chi connectivity index (χ1) is 40.0. The molecule has 8 nitrogen and oxygen atoms in total. The number of alkyl halides is 4. The van der Waals surface area contributed by atoms with Gasteiger partial charge in [0.25, 0.3) is 0 Å². The fraction of sp³-hybridized carbons (Fsp3) is 0.314. The van der Waals surface area contributed by atoms with Gasteiger partial charge in [0.05, 0.1) is 24.0 Å². The molecular formula is C70H76Br2I2Li2O8S2. The van der Waals surface area contributed by atoms with Crippen LogP contribution in [0.25, 0.3) is 0 Å². The van der Waals surface area contributed by atoms with Crippen LogP contribution in [0.1, 0.15) is 134 Å². The Hall–Kier alpha value is -3.53. The van der Waals surface area contributed by atoms with E-state index < -0.39 is 19.7 Å². The molecule has 446 valence electrons. The van der Waals surface area contributed by atoms with E-state index in [9.17, 15) is 16.8 Å². The first-order valence-corrected chi connectivity index (χ1v) is 35.9. The zero-order chi connectivity index (χ0) is 61.2. The Bertz CT molecular complexity index is 3590. The molecule has 8 aromatic carbocycles.